The Labute approximate surface area is 204 Å². The van der Waals surface area contributed by atoms with Crippen molar-refractivity contribution in [2.24, 2.45) is 0 Å². The summed E-state index contributed by atoms with van der Waals surface area (Å²) in [7, 11) is 1.61. The number of amides is 2. The van der Waals surface area contributed by atoms with Gasteiger partial charge >= 0.3 is 0 Å². The number of thioether (sulfide) groups is 1. The van der Waals surface area contributed by atoms with E-state index in [9.17, 15) is 9.59 Å². The molecule has 0 unspecified atom stereocenters. The summed E-state index contributed by atoms with van der Waals surface area (Å²) in [4.78, 5) is 27.6. The van der Waals surface area contributed by atoms with Gasteiger partial charge in [0.15, 0.2) is 0 Å². The third-order valence-electron chi connectivity index (χ3n) is 4.66. The minimum absolute atomic E-state index is 0.109. The lowest BCUT2D eigenvalue weighted by molar-refractivity contribution is -0.139. The first-order valence-electron chi connectivity index (χ1n) is 10.3. The molecule has 0 aliphatic heterocycles. The molecule has 5 nitrogen and oxygen atoms in total. The van der Waals surface area contributed by atoms with Crippen molar-refractivity contribution in [3.63, 3.8) is 0 Å². The minimum Gasteiger partial charge on any atom is -0.497 e. The Balaban J connectivity index is 2.10. The Morgan fingerprint density at radius 2 is 1.69 bits per heavy atom. The zero-order chi connectivity index (χ0) is 23.9. The van der Waals surface area contributed by atoms with Crippen LogP contribution in [-0.4, -0.2) is 41.2 Å². The average molecular weight is 497 g/mol. The van der Waals surface area contributed by atoms with E-state index in [0.29, 0.717) is 22.3 Å². The number of halogens is 2. The highest BCUT2D eigenvalue weighted by atomic mass is 35.5. The number of hydrogen-bond donors (Lipinski definition) is 1. The van der Waals surface area contributed by atoms with Crippen LogP contribution in [0.5, 0.6) is 5.75 Å². The maximum absolute atomic E-state index is 13.1. The zero-order valence-corrected chi connectivity index (χ0v) is 21.4. The van der Waals surface area contributed by atoms with Crippen molar-refractivity contribution in [1.29, 1.82) is 0 Å². The van der Waals surface area contributed by atoms with Gasteiger partial charge in [0, 0.05) is 17.8 Å². The normalized spacial score (nSPS) is 12.2. The Morgan fingerprint density at radius 3 is 2.25 bits per heavy atom. The minimum atomic E-state index is -0.616. The molecule has 174 valence electrons. The Morgan fingerprint density at radius 1 is 1.06 bits per heavy atom. The molecular formula is C24H30Cl2N2O3S. The third-order valence-corrected chi connectivity index (χ3v) is 6.38. The van der Waals surface area contributed by atoms with E-state index in [-0.39, 0.29) is 23.1 Å². The smallest absolute Gasteiger partial charge is 0.242 e. The maximum Gasteiger partial charge on any atom is 0.242 e. The van der Waals surface area contributed by atoms with Crippen LogP contribution in [0.1, 0.15) is 38.8 Å². The summed E-state index contributed by atoms with van der Waals surface area (Å²) >= 11 is 13.5. The standard InChI is InChI=1S/C24H30Cl2N2O3S/c1-16(23(30)27-24(2,3)4)28(13-17-6-9-19(31-5)10-7-17)22(29)15-32-14-18-8-11-20(25)21(26)12-18/h6-12,16H,13-15H2,1-5H3,(H,27,30)/t16-/m1/s1. The van der Waals surface area contributed by atoms with E-state index in [4.69, 9.17) is 27.9 Å². The van der Waals surface area contributed by atoms with Crippen LogP contribution in [0.2, 0.25) is 10.0 Å². The Hall–Kier alpha value is -1.89. The first-order valence-corrected chi connectivity index (χ1v) is 12.2. The van der Waals surface area contributed by atoms with Crippen molar-refractivity contribution in [1.82, 2.24) is 10.2 Å². The largest absolute Gasteiger partial charge is 0.497 e. The van der Waals surface area contributed by atoms with E-state index in [1.807, 2.05) is 51.1 Å². The molecule has 8 heteroatoms. The molecule has 0 fully saturated rings. The van der Waals surface area contributed by atoms with Crippen molar-refractivity contribution in [3.8, 4) is 5.75 Å². The molecule has 0 radical (unpaired) electrons. The first-order chi connectivity index (χ1) is 15.0. The van der Waals surface area contributed by atoms with E-state index in [1.54, 1.807) is 31.1 Å². The van der Waals surface area contributed by atoms with Crippen LogP contribution in [0.4, 0.5) is 0 Å². The topological polar surface area (TPSA) is 58.6 Å². The second-order valence-corrected chi connectivity index (χ2v) is 10.3. The number of carbonyl (C=O) groups excluding carboxylic acids is 2. The average Bonchev–Trinajstić information content (AvgIpc) is 2.73. The molecule has 2 aromatic carbocycles. The molecule has 2 aromatic rings. The molecule has 2 rings (SSSR count). The summed E-state index contributed by atoms with van der Waals surface area (Å²) in [5.41, 5.74) is 1.52. The summed E-state index contributed by atoms with van der Waals surface area (Å²) < 4.78 is 5.21. The van der Waals surface area contributed by atoms with Gasteiger partial charge in [-0.1, -0.05) is 41.4 Å². The lowest BCUT2D eigenvalue weighted by Crippen LogP contribution is -2.52. The maximum atomic E-state index is 13.1. The van der Waals surface area contributed by atoms with Crippen LogP contribution >= 0.6 is 35.0 Å². The molecule has 0 saturated heterocycles. The predicted octanol–water partition coefficient (Wildman–Crippen LogP) is 5.57. The summed E-state index contributed by atoms with van der Waals surface area (Å²) in [6.45, 7) is 7.84. The second-order valence-electron chi connectivity index (χ2n) is 8.53. The van der Waals surface area contributed by atoms with Crippen LogP contribution in [-0.2, 0) is 21.9 Å². The SMILES string of the molecule is COc1ccc(CN(C(=O)CSCc2ccc(Cl)c(Cl)c2)[C@H](C)C(=O)NC(C)(C)C)cc1. The quantitative estimate of drug-likeness (QED) is 0.492. The van der Waals surface area contributed by atoms with Gasteiger partial charge < -0.3 is 15.0 Å². The fourth-order valence-electron chi connectivity index (χ4n) is 2.95. The molecular weight excluding hydrogens is 467 g/mol. The number of benzene rings is 2. The van der Waals surface area contributed by atoms with Gasteiger partial charge in [-0.3, -0.25) is 9.59 Å². The van der Waals surface area contributed by atoms with Gasteiger partial charge in [0.2, 0.25) is 11.8 Å². The molecule has 1 atom stereocenters. The van der Waals surface area contributed by atoms with Crippen molar-refractivity contribution in [2.45, 2.75) is 51.6 Å². The number of hydrogen-bond acceptors (Lipinski definition) is 4. The van der Waals surface area contributed by atoms with Gasteiger partial charge in [-0.05, 0) is 63.1 Å². The highest BCUT2D eigenvalue weighted by Gasteiger charge is 2.28. The summed E-state index contributed by atoms with van der Waals surface area (Å²) in [5, 5.41) is 3.96. The summed E-state index contributed by atoms with van der Waals surface area (Å²) in [5.74, 6) is 1.30. The van der Waals surface area contributed by atoms with Gasteiger partial charge in [-0.25, -0.2) is 0 Å². The van der Waals surface area contributed by atoms with Crippen LogP contribution in [0.3, 0.4) is 0 Å². The molecule has 0 heterocycles. The third kappa shape index (κ3) is 8.23. The zero-order valence-electron chi connectivity index (χ0n) is 19.1. The molecule has 0 aliphatic rings. The van der Waals surface area contributed by atoms with Crippen molar-refractivity contribution >= 4 is 46.8 Å². The monoisotopic (exact) mass is 496 g/mol. The summed E-state index contributed by atoms with van der Waals surface area (Å²) in [6.07, 6.45) is 0. The highest BCUT2D eigenvalue weighted by Crippen LogP contribution is 2.25. The highest BCUT2D eigenvalue weighted by molar-refractivity contribution is 7.99. The van der Waals surface area contributed by atoms with Crippen LogP contribution < -0.4 is 10.1 Å². The van der Waals surface area contributed by atoms with Crippen LogP contribution in [0, 0.1) is 0 Å². The van der Waals surface area contributed by atoms with Gasteiger partial charge in [-0.15, -0.1) is 11.8 Å². The van der Waals surface area contributed by atoms with E-state index < -0.39 is 6.04 Å². The number of nitrogens with one attached hydrogen (secondary N) is 1. The fourth-order valence-corrected chi connectivity index (χ4v) is 4.13. The molecule has 1 N–H and O–H groups in total. The lowest BCUT2D eigenvalue weighted by Gasteiger charge is -2.31. The van der Waals surface area contributed by atoms with Gasteiger partial charge in [0.05, 0.1) is 22.9 Å². The Kier molecular flexibility index (Phi) is 9.74. The number of ether oxygens (including phenoxy) is 1. The van der Waals surface area contributed by atoms with Crippen molar-refractivity contribution in [3.05, 3.63) is 63.6 Å². The molecule has 2 amide bonds. The molecule has 32 heavy (non-hydrogen) atoms. The number of rotatable bonds is 9. The van der Waals surface area contributed by atoms with Crippen LogP contribution in [0.15, 0.2) is 42.5 Å². The van der Waals surface area contributed by atoms with Crippen LogP contribution in [0.25, 0.3) is 0 Å². The molecule has 0 aliphatic carbocycles. The van der Waals surface area contributed by atoms with E-state index >= 15 is 0 Å². The van der Waals surface area contributed by atoms with Crippen molar-refractivity contribution in [2.75, 3.05) is 12.9 Å². The molecule has 0 bridgehead atoms. The van der Waals surface area contributed by atoms with Crippen molar-refractivity contribution < 1.29 is 14.3 Å². The summed E-state index contributed by atoms with van der Waals surface area (Å²) in [6, 6.07) is 12.3. The van der Waals surface area contributed by atoms with Gasteiger partial charge in [-0.2, -0.15) is 0 Å². The predicted molar refractivity (Wildman–Crippen MR) is 134 cm³/mol. The molecule has 0 spiro atoms. The fraction of sp³-hybridized carbons (Fsp3) is 0.417. The number of nitrogens with zero attached hydrogens (tertiary/aromatic N) is 1. The Bertz CT molecular complexity index is 930. The van der Waals surface area contributed by atoms with Gasteiger partial charge in [0.25, 0.3) is 0 Å². The second kappa shape index (κ2) is 11.8. The number of carbonyl (C=O) groups is 2. The van der Waals surface area contributed by atoms with E-state index in [2.05, 4.69) is 5.32 Å². The first kappa shape index (κ1) is 26.4. The number of methoxy groups -OCH3 is 1. The lowest BCUT2D eigenvalue weighted by atomic mass is 10.1. The molecule has 0 aromatic heterocycles. The molecule has 0 saturated carbocycles. The van der Waals surface area contributed by atoms with E-state index in [1.165, 1.54) is 11.8 Å². The van der Waals surface area contributed by atoms with Gasteiger partial charge in [0.1, 0.15) is 11.8 Å². The van der Waals surface area contributed by atoms with E-state index in [0.717, 1.165) is 16.9 Å².